The van der Waals surface area contributed by atoms with Gasteiger partial charge in [0.2, 0.25) is 0 Å². The summed E-state index contributed by atoms with van der Waals surface area (Å²) in [6, 6.07) is 15.2. The Morgan fingerprint density at radius 1 is 1.10 bits per heavy atom. The first-order valence-electron chi connectivity index (χ1n) is 10.2. The lowest BCUT2D eigenvalue weighted by Gasteiger charge is -2.11. The largest absolute Gasteiger partial charge is 0.357 e. The summed E-state index contributed by atoms with van der Waals surface area (Å²) in [6.07, 6.45) is 4.81. The zero-order valence-corrected chi connectivity index (χ0v) is 21.1. The van der Waals surface area contributed by atoms with Crippen LogP contribution in [0.4, 0.5) is 0 Å². The van der Waals surface area contributed by atoms with Gasteiger partial charge in [0.15, 0.2) is 15.8 Å². The molecular weight excluding hydrogens is 525 g/mol. The number of nitrogens with one attached hydrogen (secondary N) is 2. The number of hydrogen-bond donors (Lipinski definition) is 2. The topological polar surface area (TPSA) is 88.4 Å². The number of aryl methyl sites for hydroxylation is 1. The third kappa shape index (κ3) is 7.49. The molecular formula is C22H30IN5O2S. The number of fused-ring (bicyclic) bond motifs is 1. The predicted octanol–water partition coefficient (Wildman–Crippen LogP) is 3.25. The molecule has 2 aromatic carbocycles. The Morgan fingerprint density at radius 2 is 1.84 bits per heavy atom. The lowest BCUT2D eigenvalue weighted by molar-refractivity contribution is 0.602. The number of rotatable bonds is 9. The lowest BCUT2D eigenvalue weighted by atomic mass is 10.1. The number of imidazole rings is 1. The number of aliphatic imine (C=N–C) groups is 1. The van der Waals surface area contributed by atoms with E-state index in [1.165, 1.54) is 6.26 Å². The SMILES string of the molecule is CCNC(=NCCCn1cnc2ccccc21)NCCc1ccc(S(C)(=O)=O)cc1.I. The van der Waals surface area contributed by atoms with Crippen molar-refractivity contribution in [1.29, 1.82) is 0 Å². The van der Waals surface area contributed by atoms with E-state index in [1.54, 1.807) is 12.1 Å². The van der Waals surface area contributed by atoms with Gasteiger partial charge >= 0.3 is 0 Å². The number of para-hydroxylation sites is 2. The Hall–Kier alpha value is -2.14. The van der Waals surface area contributed by atoms with Crippen molar-refractivity contribution in [3.05, 3.63) is 60.4 Å². The number of nitrogens with zero attached hydrogens (tertiary/aromatic N) is 3. The number of aromatic nitrogens is 2. The summed E-state index contributed by atoms with van der Waals surface area (Å²) in [5.41, 5.74) is 3.24. The average molecular weight is 555 g/mol. The fraction of sp³-hybridized carbons (Fsp3) is 0.364. The summed E-state index contributed by atoms with van der Waals surface area (Å²) in [5.74, 6) is 0.792. The summed E-state index contributed by atoms with van der Waals surface area (Å²) in [5, 5.41) is 6.60. The van der Waals surface area contributed by atoms with Crippen LogP contribution in [0.3, 0.4) is 0 Å². The zero-order valence-electron chi connectivity index (χ0n) is 17.9. The Kier molecular flexibility index (Phi) is 9.76. The Balaban J connectivity index is 0.00000341. The Bertz CT molecular complexity index is 1090. The quantitative estimate of drug-likeness (QED) is 0.183. The van der Waals surface area contributed by atoms with E-state index in [1.807, 2.05) is 43.6 Å². The third-order valence-corrected chi connectivity index (χ3v) is 5.88. The van der Waals surface area contributed by atoms with Crippen LogP contribution < -0.4 is 10.6 Å². The van der Waals surface area contributed by atoms with Crippen LogP contribution >= 0.6 is 24.0 Å². The molecule has 0 aliphatic rings. The molecule has 0 spiro atoms. The highest BCUT2D eigenvalue weighted by Crippen LogP contribution is 2.12. The highest BCUT2D eigenvalue weighted by molar-refractivity contribution is 14.0. The van der Waals surface area contributed by atoms with Gasteiger partial charge in [0.05, 0.1) is 22.3 Å². The van der Waals surface area contributed by atoms with Crippen LogP contribution in [0.1, 0.15) is 18.9 Å². The minimum atomic E-state index is -3.15. The maximum absolute atomic E-state index is 11.5. The monoisotopic (exact) mass is 555 g/mol. The van der Waals surface area contributed by atoms with Gasteiger partial charge in [0, 0.05) is 32.4 Å². The molecule has 3 aromatic rings. The van der Waals surface area contributed by atoms with Crippen molar-refractivity contribution >= 4 is 50.8 Å². The second-order valence-electron chi connectivity index (χ2n) is 7.13. The number of sulfone groups is 1. The Morgan fingerprint density at radius 3 is 2.55 bits per heavy atom. The summed E-state index contributed by atoms with van der Waals surface area (Å²) in [6.45, 7) is 5.14. The van der Waals surface area contributed by atoms with Crippen molar-refractivity contribution < 1.29 is 8.42 Å². The van der Waals surface area contributed by atoms with Gasteiger partial charge in [-0.15, -0.1) is 24.0 Å². The first kappa shape index (κ1) is 25.1. The molecule has 31 heavy (non-hydrogen) atoms. The van der Waals surface area contributed by atoms with Crippen LogP contribution in [0.5, 0.6) is 0 Å². The molecule has 0 saturated carbocycles. The van der Waals surface area contributed by atoms with E-state index in [2.05, 4.69) is 31.2 Å². The molecule has 9 heteroatoms. The number of hydrogen-bond acceptors (Lipinski definition) is 4. The van der Waals surface area contributed by atoms with E-state index < -0.39 is 9.84 Å². The maximum Gasteiger partial charge on any atom is 0.191 e. The molecule has 1 aromatic heterocycles. The summed E-state index contributed by atoms with van der Waals surface area (Å²) in [4.78, 5) is 9.42. The van der Waals surface area contributed by atoms with Gasteiger partial charge in [0.25, 0.3) is 0 Å². The van der Waals surface area contributed by atoms with E-state index in [9.17, 15) is 8.42 Å². The first-order chi connectivity index (χ1) is 14.5. The lowest BCUT2D eigenvalue weighted by Crippen LogP contribution is -2.38. The van der Waals surface area contributed by atoms with Gasteiger partial charge in [-0.25, -0.2) is 13.4 Å². The van der Waals surface area contributed by atoms with Gasteiger partial charge < -0.3 is 15.2 Å². The van der Waals surface area contributed by atoms with Crippen molar-refractivity contribution in [1.82, 2.24) is 20.2 Å². The van der Waals surface area contributed by atoms with Crippen LogP contribution in [-0.2, 0) is 22.8 Å². The summed E-state index contributed by atoms with van der Waals surface area (Å²) < 4.78 is 25.2. The molecule has 0 atom stereocenters. The Labute approximate surface area is 201 Å². The molecule has 0 radical (unpaired) electrons. The van der Waals surface area contributed by atoms with Crippen molar-refractivity contribution in [2.75, 3.05) is 25.9 Å². The smallest absolute Gasteiger partial charge is 0.191 e. The molecule has 0 aliphatic heterocycles. The van der Waals surface area contributed by atoms with E-state index >= 15 is 0 Å². The second-order valence-corrected chi connectivity index (χ2v) is 9.15. The third-order valence-electron chi connectivity index (χ3n) is 4.76. The molecule has 0 bridgehead atoms. The maximum atomic E-state index is 11.5. The molecule has 0 amide bonds. The molecule has 7 nitrogen and oxygen atoms in total. The zero-order chi connectivity index (χ0) is 21.4. The molecule has 3 rings (SSSR count). The van der Waals surface area contributed by atoms with Gasteiger partial charge in [-0.3, -0.25) is 4.99 Å². The number of guanidine groups is 1. The van der Waals surface area contributed by atoms with Crippen LogP contribution in [0.15, 0.2) is 64.7 Å². The van der Waals surface area contributed by atoms with E-state index in [-0.39, 0.29) is 24.0 Å². The highest BCUT2D eigenvalue weighted by Gasteiger charge is 2.06. The summed E-state index contributed by atoms with van der Waals surface area (Å²) in [7, 11) is -3.15. The normalized spacial score (nSPS) is 11.9. The minimum absolute atomic E-state index is 0. The first-order valence-corrected chi connectivity index (χ1v) is 12.1. The fourth-order valence-electron chi connectivity index (χ4n) is 3.19. The average Bonchev–Trinajstić information content (AvgIpc) is 3.14. The molecule has 2 N–H and O–H groups in total. The van der Waals surface area contributed by atoms with Gasteiger partial charge in [-0.05, 0) is 49.6 Å². The van der Waals surface area contributed by atoms with Crippen LogP contribution in [0.2, 0.25) is 0 Å². The standard InChI is InChI=1S/C22H29N5O2S.HI/c1-3-23-22(25-15-13-18-9-11-19(12-10-18)30(2,28)29)24-14-6-16-27-17-26-20-7-4-5-8-21(20)27;/h4-5,7-12,17H,3,6,13-16H2,1-2H3,(H2,23,24,25);1H. The molecule has 0 unspecified atom stereocenters. The van der Waals surface area contributed by atoms with Gasteiger partial charge in [0.1, 0.15) is 0 Å². The van der Waals surface area contributed by atoms with E-state index in [4.69, 9.17) is 0 Å². The molecule has 0 saturated heterocycles. The van der Waals surface area contributed by atoms with E-state index in [0.717, 1.165) is 55.0 Å². The van der Waals surface area contributed by atoms with Crippen molar-refractivity contribution in [2.24, 2.45) is 4.99 Å². The second kappa shape index (κ2) is 12.0. The van der Waals surface area contributed by atoms with Crippen LogP contribution in [-0.4, -0.2) is 49.8 Å². The molecule has 168 valence electrons. The molecule has 1 heterocycles. The van der Waals surface area contributed by atoms with Crippen molar-refractivity contribution in [3.8, 4) is 0 Å². The van der Waals surface area contributed by atoms with Crippen LogP contribution in [0.25, 0.3) is 11.0 Å². The predicted molar refractivity (Wildman–Crippen MR) is 137 cm³/mol. The van der Waals surface area contributed by atoms with Gasteiger partial charge in [-0.1, -0.05) is 24.3 Å². The van der Waals surface area contributed by atoms with Gasteiger partial charge in [-0.2, -0.15) is 0 Å². The minimum Gasteiger partial charge on any atom is -0.357 e. The highest BCUT2D eigenvalue weighted by atomic mass is 127. The van der Waals surface area contributed by atoms with Crippen LogP contribution in [0, 0.1) is 0 Å². The number of benzene rings is 2. The fourth-order valence-corrected chi connectivity index (χ4v) is 3.82. The van der Waals surface area contributed by atoms with E-state index in [0.29, 0.717) is 11.4 Å². The molecule has 0 fully saturated rings. The summed E-state index contributed by atoms with van der Waals surface area (Å²) >= 11 is 0. The van der Waals surface area contributed by atoms with Crippen molar-refractivity contribution in [2.45, 2.75) is 31.2 Å². The molecule has 0 aliphatic carbocycles. The van der Waals surface area contributed by atoms with Crippen molar-refractivity contribution in [3.63, 3.8) is 0 Å². The number of halogens is 1.